The van der Waals surface area contributed by atoms with Gasteiger partial charge >= 0.3 is 5.97 Å². The number of carboxylic acids is 1. The van der Waals surface area contributed by atoms with Crippen molar-refractivity contribution < 1.29 is 24.5 Å². The number of amides is 1. The summed E-state index contributed by atoms with van der Waals surface area (Å²) in [5.74, 6) is -1.28. The second kappa shape index (κ2) is 9.48. The van der Waals surface area contributed by atoms with Gasteiger partial charge in [-0.25, -0.2) is 9.78 Å². The standard InChI is InChI=1S/C24H21N5O5/c1-28-20(23(31)27-19-6-5-15(11-25)9-18(19)24(32)33)10-16-3-2-4-21(22(16)28)34-13-17(30)12-29-8-7-26-14-29/h2-10,14,17,30H,12-13H2,1H3,(H,27,31)(H,32,33). The highest BCUT2D eigenvalue weighted by Crippen LogP contribution is 2.29. The molecule has 0 radical (unpaired) electrons. The number of benzene rings is 2. The fraction of sp³-hybridized carbons (Fsp3) is 0.167. The van der Waals surface area contributed by atoms with Crippen LogP contribution >= 0.6 is 0 Å². The molecular formula is C24H21N5O5. The Bertz CT molecular complexity index is 1400. The van der Waals surface area contributed by atoms with E-state index < -0.39 is 18.0 Å². The van der Waals surface area contributed by atoms with Crippen molar-refractivity contribution in [2.45, 2.75) is 12.6 Å². The van der Waals surface area contributed by atoms with Crippen LogP contribution in [0.25, 0.3) is 10.9 Å². The van der Waals surface area contributed by atoms with Gasteiger partial charge in [-0.2, -0.15) is 5.26 Å². The summed E-state index contributed by atoms with van der Waals surface area (Å²) in [7, 11) is 1.70. The number of rotatable bonds is 8. The average molecular weight is 459 g/mol. The third-order valence-electron chi connectivity index (χ3n) is 5.29. The second-order valence-corrected chi connectivity index (χ2v) is 7.64. The molecule has 0 fully saturated rings. The number of aliphatic hydroxyl groups excluding tert-OH is 1. The van der Waals surface area contributed by atoms with Crippen molar-refractivity contribution in [1.82, 2.24) is 14.1 Å². The van der Waals surface area contributed by atoms with Crippen molar-refractivity contribution in [2.24, 2.45) is 7.05 Å². The molecule has 1 unspecified atom stereocenters. The van der Waals surface area contributed by atoms with Crippen molar-refractivity contribution in [3.05, 3.63) is 78.0 Å². The molecule has 0 aliphatic heterocycles. The number of fused-ring (bicyclic) bond motifs is 1. The zero-order valence-electron chi connectivity index (χ0n) is 18.2. The molecule has 0 spiro atoms. The third-order valence-corrected chi connectivity index (χ3v) is 5.29. The van der Waals surface area contributed by atoms with Gasteiger partial charge in [0.05, 0.1) is 41.3 Å². The average Bonchev–Trinajstić information content (AvgIpc) is 3.45. The number of carbonyl (C=O) groups excluding carboxylic acids is 1. The highest BCUT2D eigenvalue weighted by Gasteiger charge is 2.19. The molecule has 3 N–H and O–H groups in total. The van der Waals surface area contributed by atoms with E-state index in [1.54, 1.807) is 53.1 Å². The minimum Gasteiger partial charge on any atom is -0.489 e. The predicted octanol–water partition coefficient (Wildman–Crippen LogP) is 2.64. The molecular weight excluding hydrogens is 438 g/mol. The Morgan fingerprint density at radius 1 is 1.26 bits per heavy atom. The second-order valence-electron chi connectivity index (χ2n) is 7.64. The Balaban J connectivity index is 1.56. The van der Waals surface area contributed by atoms with E-state index in [4.69, 9.17) is 10.00 Å². The summed E-state index contributed by atoms with van der Waals surface area (Å²) in [6.45, 7) is 0.366. The highest BCUT2D eigenvalue weighted by molar-refractivity contribution is 6.09. The van der Waals surface area contributed by atoms with Gasteiger partial charge in [-0.15, -0.1) is 0 Å². The number of anilines is 1. The Hall–Kier alpha value is -4.62. The lowest BCUT2D eigenvalue weighted by Crippen LogP contribution is -2.23. The summed E-state index contributed by atoms with van der Waals surface area (Å²) in [5, 5.41) is 32.1. The van der Waals surface area contributed by atoms with Gasteiger partial charge in [0.1, 0.15) is 24.2 Å². The molecule has 2 heterocycles. The summed E-state index contributed by atoms with van der Waals surface area (Å²) < 4.78 is 9.24. The molecule has 0 aliphatic carbocycles. The van der Waals surface area contributed by atoms with Crippen LogP contribution < -0.4 is 10.1 Å². The number of ether oxygens (including phenoxy) is 1. The number of carboxylic acid groups (broad SMARTS) is 1. The van der Waals surface area contributed by atoms with Crippen molar-refractivity contribution in [1.29, 1.82) is 5.26 Å². The Labute approximate surface area is 194 Å². The van der Waals surface area contributed by atoms with Gasteiger partial charge in [0.15, 0.2) is 0 Å². The fourth-order valence-corrected chi connectivity index (χ4v) is 3.68. The molecule has 0 saturated carbocycles. The van der Waals surface area contributed by atoms with E-state index in [2.05, 4.69) is 10.3 Å². The van der Waals surface area contributed by atoms with Gasteiger partial charge in [-0.3, -0.25) is 4.79 Å². The Kier molecular flexibility index (Phi) is 6.29. The smallest absolute Gasteiger partial charge is 0.337 e. The van der Waals surface area contributed by atoms with Gasteiger partial charge < -0.3 is 29.4 Å². The lowest BCUT2D eigenvalue weighted by Gasteiger charge is -2.14. The van der Waals surface area contributed by atoms with Crippen LogP contribution in [-0.4, -0.2) is 48.9 Å². The predicted molar refractivity (Wildman–Crippen MR) is 123 cm³/mol. The minimum atomic E-state index is -1.26. The molecule has 2 aromatic heterocycles. The highest BCUT2D eigenvalue weighted by atomic mass is 16.5. The monoisotopic (exact) mass is 459 g/mol. The van der Waals surface area contributed by atoms with E-state index in [-0.39, 0.29) is 29.1 Å². The third kappa shape index (κ3) is 4.60. The number of nitrogens with one attached hydrogen (secondary N) is 1. The van der Waals surface area contributed by atoms with E-state index in [9.17, 15) is 19.8 Å². The number of aryl methyl sites for hydroxylation is 1. The van der Waals surface area contributed by atoms with E-state index in [0.717, 1.165) is 5.39 Å². The number of carbonyl (C=O) groups is 2. The van der Waals surface area contributed by atoms with Crippen molar-refractivity contribution >= 4 is 28.5 Å². The maximum absolute atomic E-state index is 13.0. The normalized spacial score (nSPS) is 11.7. The van der Waals surface area contributed by atoms with E-state index in [1.165, 1.54) is 18.2 Å². The summed E-state index contributed by atoms with van der Waals surface area (Å²) in [5.41, 5.74) is 1.02. The fourth-order valence-electron chi connectivity index (χ4n) is 3.68. The van der Waals surface area contributed by atoms with E-state index in [1.807, 2.05) is 12.1 Å². The molecule has 0 saturated heterocycles. The van der Waals surface area contributed by atoms with Gasteiger partial charge in [-0.05, 0) is 30.3 Å². The first-order chi connectivity index (χ1) is 16.4. The Morgan fingerprint density at radius 2 is 2.09 bits per heavy atom. The molecule has 2 aromatic carbocycles. The van der Waals surface area contributed by atoms with Crippen LogP contribution in [-0.2, 0) is 13.6 Å². The van der Waals surface area contributed by atoms with E-state index in [0.29, 0.717) is 17.8 Å². The van der Waals surface area contributed by atoms with Crippen LogP contribution in [0.15, 0.2) is 61.2 Å². The first-order valence-corrected chi connectivity index (χ1v) is 10.3. The number of nitriles is 1. The number of para-hydroxylation sites is 1. The summed E-state index contributed by atoms with van der Waals surface area (Å²) in [6.07, 6.45) is 4.21. The molecule has 1 amide bonds. The zero-order valence-corrected chi connectivity index (χ0v) is 18.2. The van der Waals surface area contributed by atoms with Crippen molar-refractivity contribution in [3.8, 4) is 11.8 Å². The van der Waals surface area contributed by atoms with Crippen molar-refractivity contribution in [3.63, 3.8) is 0 Å². The first kappa shape index (κ1) is 22.6. The SMILES string of the molecule is Cn1c(C(=O)Nc2ccc(C#N)cc2C(=O)O)cc2cccc(OCC(O)Cn3ccnc3)c21. The molecule has 4 aromatic rings. The molecule has 172 valence electrons. The number of hydrogen-bond acceptors (Lipinski definition) is 6. The topological polar surface area (TPSA) is 142 Å². The summed E-state index contributed by atoms with van der Waals surface area (Å²) in [6, 6.07) is 12.9. The molecule has 0 aliphatic rings. The number of hydrogen-bond donors (Lipinski definition) is 3. The van der Waals surface area contributed by atoms with Crippen LogP contribution in [0, 0.1) is 11.3 Å². The Morgan fingerprint density at radius 3 is 2.79 bits per heavy atom. The van der Waals surface area contributed by atoms with Crippen LogP contribution in [0.2, 0.25) is 0 Å². The van der Waals surface area contributed by atoms with Crippen LogP contribution in [0.4, 0.5) is 5.69 Å². The van der Waals surface area contributed by atoms with Gasteiger partial charge in [0, 0.05) is 24.8 Å². The van der Waals surface area contributed by atoms with Crippen LogP contribution in [0.1, 0.15) is 26.4 Å². The first-order valence-electron chi connectivity index (χ1n) is 10.3. The van der Waals surface area contributed by atoms with Gasteiger partial charge in [0.2, 0.25) is 0 Å². The maximum Gasteiger partial charge on any atom is 0.337 e. The van der Waals surface area contributed by atoms with E-state index >= 15 is 0 Å². The summed E-state index contributed by atoms with van der Waals surface area (Å²) >= 11 is 0. The van der Waals surface area contributed by atoms with Crippen LogP contribution in [0.3, 0.4) is 0 Å². The maximum atomic E-state index is 13.0. The molecule has 4 rings (SSSR count). The molecule has 0 bridgehead atoms. The molecule has 10 heteroatoms. The molecule has 10 nitrogen and oxygen atoms in total. The minimum absolute atomic E-state index is 0.0389. The largest absolute Gasteiger partial charge is 0.489 e. The quantitative estimate of drug-likeness (QED) is 0.368. The number of aliphatic hydroxyl groups is 1. The lowest BCUT2D eigenvalue weighted by atomic mass is 10.1. The number of nitrogens with zero attached hydrogens (tertiary/aromatic N) is 4. The van der Waals surface area contributed by atoms with Crippen LogP contribution in [0.5, 0.6) is 5.75 Å². The van der Waals surface area contributed by atoms with Gasteiger partial charge in [-0.1, -0.05) is 12.1 Å². The zero-order chi connectivity index (χ0) is 24.2. The van der Waals surface area contributed by atoms with Crippen molar-refractivity contribution in [2.75, 3.05) is 11.9 Å². The number of aromatic carboxylic acids is 1. The molecule has 1 atom stereocenters. The number of imidazole rings is 1. The number of aromatic nitrogens is 3. The summed E-state index contributed by atoms with van der Waals surface area (Å²) in [4.78, 5) is 28.5. The van der Waals surface area contributed by atoms with Gasteiger partial charge in [0.25, 0.3) is 5.91 Å². The lowest BCUT2D eigenvalue weighted by molar-refractivity contribution is 0.0698. The molecule has 34 heavy (non-hydrogen) atoms.